The lowest BCUT2D eigenvalue weighted by molar-refractivity contribution is 0.323. The first kappa shape index (κ1) is 19.0. The van der Waals surface area contributed by atoms with Gasteiger partial charge in [-0.3, -0.25) is 0 Å². The SMILES string of the molecule is Cc1ccc(OCCNS(=O)(=O)Cc2c(F)cccc2Cl)cc1Cl. The summed E-state index contributed by atoms with van der Waals surface area (Å²) in [6.07, 6.45) is 0. The Labute approximate surface area is 150 Å². The van der Waals surface area contributed by atoms with Crippen LogP contribution in [0.3, 0.4) is 0 Å². The minimum absolute atomic E-state index is 0.0416. The summed E-state index contributed by atoms with van der Waals surface area (Å²) in [7, 11) is -3.73. The molecule has 0 heterocycles. The van der Waals surface area contributed by atoms with Crippen LogP contribution in [0.25, 0.3) is 0 Å². The third kappa shape index (κ3) is 5.34. The average Bonchev–Trinajstić information content (AvgIpc) is 2.51. The van der Waals surface area contributed by atoms with Gasteiger partial charge in [0.1, 0.15) is 18.2 Å². The largest absolute Gasteiger partial charge is 0.492 e. The van der Waals surface area contributed by atoms with E-state index < -0.39 is 21.6 Å². The Morgan fingerprint density at radius 3 is 2.58 bits per heavy atom. The van der Waals surface area contributed by atoms with E-state index in [9.17, 15) is 12.8 Å². The number of hydrogen-bond donors (Lipinski definition) is 1. The summed E-state index contributed by atoms with van der Waals surface area (Å²) in [6, 6.07) is 9.24. The van der Waals surface area contributed by atoms with Gasteiger partial charge >= 0.3 is 0 Å². The third-order valence-corrected chi connectivity index (χ3v) is 5.31. The van der Waals surface area contributed by atoms with Crippen molar-refractivity contribution in [2.45, 2.75) is 12.7 Å². The van der Waals surface area contributed by atoms with Crippen molar-refractivity contribution in [2.24, 2.45) is 0 Å². The number of benzene rings is 2. The highest BCUT2D eigenvalue weighted by atomic mass is 35.5. The van der Waals surface area contributed by atoms with Crippen molar-refractivity contribution in [1.82, 2.24) is 4.72 Å². The summed E-state index contributed by atoms with van der Waals surface area (Å²) in [5, 5.41) is 0.646. The fourth-order valence-corrected chi connectivity index (χ4v) is 3.59. The van der Waals surface area contributed by atoms with Crippen LogP contribution in [0.5, 0.6) is 5.75 Å². The third-order valence-electron chi connectivity index (χ3n) is 3.23. The zero-order valence-corrected chi connectivity index (χ0v) is 15.2. The molecule has 0 aliphatic heterocycles. The first-order valence-corrected chi connectivity index (χ1v) is 9.48. The monoisotopic (exact) mass is 391 g/mol. The van der Waals surface area contributed by atoms with Gasteiger partial charge in [-0.15, -0.1) is 0 Å². The molecule has 0 bridgehead atoms. The van der Waals surface area contributed by atoms with E-state index in [1.807, 2.05) is 13.0 Å². The number of halogens is 3. The molecule has 2 aromatic carbocycles. The molecule has 0 saturated heterocycles. The first-order valence-electron chi connectivity index (χ1n) is 7.08. The molecule has 8 heteroatoms. The van der Waals surface area contributed by atoms with Crippen molar-refractivity contribution in [3.05, 3.63) is 63.4 Å². The fourth-order valence-electron chi connectivity index (χ4n) is 1.94. The van der Waals surface area contributed by atoms with E-state index in [0.29, 0.717) is 10.8 Å². The van der Waals surface area contributed by atoms with Crippen LogP contribution in [0.2, 0.25) is 10.0 Å². The molecule has 4 nitrogen and oxygen atoms in total. The lowest BCUT2D eigenvalue weighted by atomic mass is 10.2. The van der Waals surface area contributed by atoms with Crippen LogP contribution in [0.15, 0.2) is 36.4 Å². The van der Waals surface area contributed by atoms with E-state index in [4.69, 9.17) is 27.9 Å². The number of nitrogens with one attached hydrogen (secondary N) is 1. The summed E-state index contributed by atoms with van der Waals surface area (Å²) in [5.74, 6) is -0.644. The summed E-state index contributed by atoms with van der Waals surface area (Å²) < 4.78 is 45.4. The molecule has 0 atom stereocenters. The second-order valence-corrected chi connectivity index (χ2v) is 7.73. The van der Waals surface area contributed by atoms with Crippen LogP contribution in [-0.4, -0.2) is 21.6 Å². The van der Waals surface area contributed by atoms with E-state index in [1.54, 1.807) is 12.1 Å². The molecule has 0 aliphatic rings. The van der Waals surface area contributed by atoms with Gasteiger partial charge in [0, 0.05) is 22.2 Å². The Balaban J connectivity index is 1.88. The van der Waals surface area contributed by atoms with Crippen LogP contribution in [-0.2, 0) is 15.8 Å². The Kier molecular flexibility index (Phi) is 6.46. The highest BCUT2D eigenvalue weighted by molar-refractivity contribution is 7.88. The minimum Gasteiger partial charge on any atom is -0.492 e. The van der Waals surface area contributed by atoms with Crippen molar-refractivity contribution in [1.29, 1.82) is 0 Å². The lowest BCUT2D eigenvalue weighted by Gasteiger charge is -2.10. The Bertz CT molecular complexity index is 808. The molecule has 2 rings (SSSR count). The molecule has 0 aliphatic carbocycles. The van der Waals surface area contributed by atoms with Crippen molar-refractivity contribution in [3.63, 3.8) is 0 Å². The van der Waals surface area contributed by atoms with Gasteiger partial charge in [0.2, 0.25) is 10.0 Å². The van der Waals surface area contributed by atoms with Gasteiger partial charge in [0.05, 0.1) is 5.75 Å². The maximum absolute atomic E-state index is 13.6. The maximum Gasteiger partial charge on any atom is 0.216 e. The van der Waals surface area contributed by atoms with Gasteiger partial charge < -0.3 is 4.74 Å². The molecule has 0 aromatic heterocycles. The van der Waals surface area contributed by atoms with E-state index in [2.05, 4.69) is 4.72 Å². The minimum atomic E-state index is -3.73. The van der Waals surface area contributed by atoms with Crippen molar-refractivity contribution < 1.29 is 17.5 Å². The molecule has 0 radical (unpaired) electrons. The van der Waals surface area contributed by atoms with Gasteiger partial charge in [-0.25, -0.2) is 17.5 Å². The number of aryl methyl sites for hydroxylation is 1. The second kappa shape index (κ2) is 8.16. The molecular weight excluding hydrogens is 376 g/mol. The molecule has 1 N–H and O–H groups in total. The zero-order valence-electron chi connectivity index (χ0n) is 12.9. The zero-order chi connectivity index (χ0) is 17.7. The number of ether oxygens (including phenoxy) is 1. The standard InChI is InChI=1S/C16H16Cl2FNO3S/c1-11-5-6-12(9-15(11)18)23-8-7-20-24(21,22)10-13-14(17)3-2-4-16(13)19/h2-6,9,20H,7-8,10H2,1H3. The lowest BCUT2D eigenvalue weighted by Crippen LogP contribution is -2.29. The topological polar surface area (TPSA) is 55.4 Å². The summed E-state index contributed by atoms with van der Waals surface area (Å²) in [5.41, 5.74) is 0.865. The van der Waals surface area contributed by atoms with Crippen LogP contribution in [0, 0.1) is 12.7 Å². The van der Waals surface area contributed by atoms with E-state index in [1.165, 1.54) is 18.2 Å². The van der Waals surface area contributed by atoms with Gasteiger partial charge in [0.15, 0.2) is 0 Å². The summed E-state index contributed by atoms with van der Waals surface area (Å²) in [4.78, 5) is 0. The number of rotatable bonds is 7. The fraction of sp³-hybridized carbons (Fsp3) is 0.250. The van der Waals surface area contributed by atoms with E-state index in [-0.39, 0.29) is 23.7 Å². The van der Waals surface area contributed by atoms with E-state index in [0.717, 1.165) is 5.56 Å². The highest BCUT2D eigenvalue weighted by Crippen LogP contribution is 2.22. The average molecular weight is 392 g/mol. The highest BCUT2D eigenvalue weighted by Gasteiger charge is 2.17. The Morgan fingerprint density at radius 2 is 1.92 bits per heavy atom. The number of hydrogen-bond acceptors (Lipinski definition) is 3. The van der Waals surface area contributed by atoms with Crippen molar-refractivity contribution >= 4 is 33.2 Å². The molecule has 0 amide bonds. The Morgan fingerprint density at radius 1 is 1.17 bits per heavy atom. The predicted octanol–water partition coefficient (Wildman–Crippen LogP) is 3.94. The van der Waals surface area contributed by atoms with Gasteiger partial charge in [0.25, 0.3) is 0 Å². The molecule has 0 spiro atoms. The van der Waals surface area contributed by atoms with Gasteiger partial charge in [-0.1, -0.05) is 35.3 Å². The number of sulfonamides is 1. The smallest absolute Gasteiger partial charge is 0.216 e. The molecule has 2 aromatic rings. The van der Waals surface area contributed by atoms with Crippen LogP contribution >= 0.6 is 23.2 Å². The Hall–Kier alpha value is -1.34. The quantitative estimate of drug-likeness (QED) is 0.727. The van der Waals surface area contributed by atoms with Crippen LogP contribution in [0.4, 0.5) is 4.39 Å². The summed E-state index contributed by atoms with van der Waals surface area (Å²) >= 11 is 11.8. The first-order chi connectivity index (χ1) is 11.3. The van der Waals surface area contributed by atoms with E-state index >= 15 is 0 Å². The normalized spacial score (nSPS) is 11.5. The van der Waals surface area contributed by atoms with Gasteiger partial charge in [-0.2, -0.15) is 0 Å². The molecule has 0 unspecified atom stereocenters. The van der Waals surface area contributed by atoms with Crippen LogP contribution < -0.4 is 9.46 Å². The predicted molar refractivity (Wildman–Crippen MR) is 93.7 cm³/mol. The molecular formula is C16H16Cl2FNO3S. The maximum atomic E-state index is 13.6. The van der Waals surface area contributed by atoms with Crippen LogP contribution in [0.1, 0.15) is 11.1 Å². The summed E-state index contributed by atoms with van der Waals surface area (Å²) in [6.45, 7) is 2.03. The molecule has 0 saturated carbocycles. The van der Waals surface area contributed by atoms with Crippen molar-refractivity contribution in [3.8, 4) is 5.75 Å². The molecule has 24 heavy (non-hydrogen) atoms. The molecule has 0 fully saturated rings. The van der Waals surface area contributed by atoms with Gasteiger partial charge in [-0.05, 0) is 36.8 Å². The second-order valence-electron chi connectivity index (χ2n) is 5.11. The van der Waals surface area contributed by atoms with Crippen molar-refractivity contribution in [2.75, 3.05) is 13.2 Å². The molecule has 130 valence electrons.